The monoisotopic (exact) mass is 372 g/mol. The molecule has 3 rings (SSSR count). The third-order valence-corrected chi connectivity index (χ3v) is 4.93. The van der Waals surface area contributed by atoms with E-state index < -0.39 is 11.8 Å². The molecule has 118 valence electrons. The quantitative estimate of drug-likeness (QED) is 0.776. The van der Waals surface area contributed by atoms with E-state index in [0.717, 1.165) is 27.7 Å². The van der Waals surface area contributed by atoms with Crippen LogP contribution in [0.1, 0.15) is 18.1 Å². The van der Waals surface area contributed by atoms with Gasteiger partial charge in [0.2, 0.25) is 0 Å². The molecule has 2 aromatic carbocycles. The van der Waals surface area contributed by atoms with Crippen LogP contribution in [0.5, 0.6) is 0 Å². The largest absolute Gasteiger partial charge is 0.318 e. The number of carbonyl (C=O) groups excluding carboxylic acids is 2. The first-order chi connectivity index (χ1) is 11.0. The number of para-hydroxylation sites is 1. The van der Waals surface area contributed by atoms with Gasteiger partial charge < -0.3 is 10.2 Å². The van der Waals surface area contributed by atoms with Crippen molar-refractivity contribution in [3.63, 3.8) is 0 Å². The molecule has 0 radical (unpaired) electrons. The molecule has 2 amide bonds. The van der Waals surface area contributed by atoms with Crippen molar-refractivity contribution < 1.29 is 9.59 Å². The van der Waals surface area contributed by atoms with Gasteiger partial charge in [0.25, 0.3) is 0 Å². The first kappa shape index (κ1) is 15.7. The number of hydrogen-bond donors (Lipinski definition) is 1. The lowest BCUT2D eigenvalue weighted by atomic mass is 10.1. The normalized spacial score (nSPS) is 16.1. The highest BCUT2D eigenvalue weighted by Gasteiger charge is 2.34. The zero-order valence-electron chi connectivity index (χ0n) is 13.0. The molecule has 1 unspecified atom stereocenters. The van der Waals surface area contributed by atoms with Crippen LogP contribution >= 0.6 is 15.9 Å². The Balaban J connectivity index is 1.80. The number of anilines is 2. The van der Waals surface area contributed by atoms with Gasteiger partial charge >= 0.3 is 11.8 Å². The lowest BCUT2D eigenvalue weighted by molar-refractivity contribution is -0.134. The molecule has 1 atom stereocenters. The molecule has 0 spiro atoms. The highest BCUT2D eigenvalue weighted by atomic mass is 79.9. The Morgan fingerprint density at radius 3 is 2.70 bits per heavy atom. The molecule has 1 heterocycles. The minimum atomic E-state index is -0.615. The number of rotatable bonds is 1. The summed E-state index contributed by atoms with van der Waals surface area (Å²) in [5, 5.41) is 2.69. The number of nitrogens with zero attached hydrogens (tertiary/aromatic N) is 1. The van der Waals surface area contributed by atoms with Crippen LogP contribution in [0.15, 0.2) is 46.9 Å². The number of aryl methyl sites for hydroxylation is 1. The number of benzene rings is 2. The molecule has 1 N–H and O–H groups in total. The topological polar surface area (TPSA) is 49.4 Å². The van der Waals surface area contributed by atoms with Crippen molar-refractivity contribution >= 4 is 39.1 Å². The second-order valence-corrected chi connectivity index (χ2v) is 6.63. The van der Waals surface area contributed by atoms with Crippen LogP contribution < -0.4 is 10.2 Å². The SMILES string of the molecule is Cc1cc(NC(=O)C(=O)N2c3ccccc3CC2C)ccc1Br. The number of amides is 2. The minimum Gasteiger partial charge on any atom is -0.318 e. The molecule has 1 aliphatic heterocycles. The second kappa shape index (κ2) is 6.16. The smallest absolute Gasteiger partial charge is 0.316 e. The fourth-order valence-corrected chi connectivity index (χ4v) is 3.14. The summed E-state index contributed by atoms with van der Waals surface area (Å²) in [5.74, 6) is -1.14. The minimum absolute atomic E-state index is 0.0164. The molecule has 0 bridgehead atoms. The molecule has 5 heteroatoms. The third kappa shape index (κ3) is 3.01. The van der Waals surface area contributed by atoms with E-state index >= 15 is 0 Å². The number of hydrogen-bond acceptors (Lipinski definition) is 2. The maximum absolute atomic E-state index is 12.6. The van der Waals surface area contributed by atoms with E-state index in [1.807, 2.05) is 50.2 Å². The van der Waals surface area contributed by atoms with Crippen molar-refractivity contribution in [1.29, 1.82) is 0 Å². The summed E-state index contributed by atoms with van der Waals surface area (Å²) in [6, 6.07) is 13.1. The maximum atomic E-state index is 12.6. The van der Waals surface area contributed by atoms with Crippen molar-refractivity contribution in [3.8, 4) is 0 Å². The number of halogens is 1. The van der Waals surface area contributed by atoms with Gasteiger partial charge in [-0.05, 0) is 55.7 Å². The van der Waals surface area contributed by atoms with Crippen LogP contribution in [0.25, 0.3) is 0 Å². The van der Waals surface area contributed by atoms with Gasteiger partial charge in [-0.25, -0.2) is 0 Å². The molecular formula is C18H17BrN2O2. The highest BCUT2D eigenvalue weighted by molar-refractivity contribution is 9.10. The summed E-state index contributed by atoms with van der Waals surface area (Å²) in [6.07, 6.45) is 0.770. The van der Waals surface area contributed by atoms with Gasteiger partial charge in [-0.3, -0.25) is 9.59 Å². The van der Waals surface area contributed by atoms with E-state index in [1.165, 1.54) is 0 Å². The van der Waals surface area contributed by atoms with E-state index in [-0.39, 0.29) is 6.04 Å². The molecule has 0 saturated heterocycles. The van der Waals surface area contributed by atoms with E-state index in [0.29, 0.717) is 5.69 Å². The molecule has 4 nitrogen and oxygen atoms in total. The average Bonchev–Trinajstić information content (AvgIpc) is 2.86. The first-order valence-electron chi connectivity index (χ1n) is 7.46. The Bertz CT molecular complexity index is 788. The molecule has 23 heavy (non-hydrogen) atoms. The van der Waals surface area contributed by atoms with Crippen LogP contribution in [0.4, 0.5) is 11.4 Å². The summed E-state index contributed by atoms with van der Waals surface area (Å²) in [4.78, 5) is 26.5. The summed E-state index contributed by atoms with van der Waals surface area (Å²) in [6.45, 7) is 3.88. The molecule has 0 aromatic heterocycles. The molecule has 0 saturated carbocycles. The van der Waals surface area contributed by atoms with Crippen LogP contribution in [-0.4, -0.2) is 17.9 Å². The predicted molar refractivity (Wildman–Crippen MR) is 94.6 cm³/mol. The van der Waals surface area contributed by atoms with Gasteiger partial charge in [0.05, 0.1) is 0 Å². The molecule has 0 fully saturated rings. The zero-order valence-corrected chi connectivity index (χ0v) is 14.6. The van der Waals surface area contributed by atoms with E-state index in [1.54, 1.807) is 11.0 Å². The third-order valence-electron chi connectivity index (χ3n) is 4.04. The predicted octanol–water partition coefficient (Wildman–Crippen LogP) is 3.67. The fourth-order valence-electron chi connectivity index (χ4n) is 2.89. The lowest BCUT2D eigenvalue weighted by Crippen LogP contribution is -2.43. The van der Waals surface area contributed by atoms with Gasteiger partial charge in [-0.1, -0.05) is 34.1 Å². The number of carbonyl (C=O) groups is 2. The molecule has 1 aliphatic rings. The Kier molecular flexibility index (Phi) is 4.22. The van der Waals surface area contributed by atoms with Gasteiger partial charge in [0.1, 0.15) is 0 Å². The highest BCUT2D eigenvalue weighted by Crippen LogP contribution is 2.32. The molecule has 0 aliphatic carbocycles. The summed E-state index contributed by atoms with van der Waals surface area (Å²) in [5.41, 5.74) is 3.53. The Labute approximate surface area is 143 Å². The fraction of sp³-hybridized carbons (Fsp3) is 0.222. The van der Waals surface area contributed by atoms with Gasteiger partial charge in [0, 0.05) is 21.9 Å². The van der Waals surface area contributed by atoms with Crippen molar-refractivity contribution in [1.82, 2.24) is 0 Å². The average molecular weight is 373 g/mol. The van der Waals surface area contributed by atoms with E-state index in [2.05, 4.69) is 21.2 Å². The lowest BCUT2D eigenvalue weighted by Gasteiger charge is -2.22. The van der Waals surface area contributed by atoms with Crippen molar-refractivity contribution in [2.75, 3.05) is 10.2 Å². The Hall–Kier alpha value is -2.14. The first-order valence-corrected chi connectivity index (χ1v) is 8.25. The second-order valence-electron chi connectivity index (χ2n) is 5.78. The number of nitrogens with one attached hydrogen (secondary N) is 1. The molecular weight excluding hydrogens is 356 g/mol. The maximum Gasteiger partial charge on any atom is 0.316 e. The Morgan fingerprint density at radius 2 is 1.96 bits per heavy atom. The summed E-state index contributed by atoms with van der Waals surface area (Å²) >= 11 is 3.42. The van der Waals surface area contributed by atoms with Crippen LogP contribution in [-0.2, 0) is 16.0 Å². The van der Waals surface area contributed by atoms with Gasteiger partial charge in [0.15, 0.2) is 0 Å². The van der Waals surface area contributed by atoms with Gasteiger partial charge in [-0.2, -0.15) is 0 Å². The molecule has 2 aromatic rings. The van der Waals surface area contributed by atoms with Gasteiger partial charge in [-0.15, -0.1) is 0 Å². The van der Waals surface area contributed by atoms with E-state index in [4.69, 9.17) is 0 Å². The summed E-state index contributed by atoms with van der Waals surface area (Å²) < 4.78 is 0.962. The van der Waals surface area contributed by atoms with Crippen molar-refractivity contribution in [3.05, 3.63) is 58.1 Å². The number of fused-ring (bicyclic) bond motifs is 1. The van der Waals surface area contributed by atoms with Crippen molar-refractivity contribution in [2.45, 2.75) is 26.3 Å². The van der Waals surface area contributed by atoms with E-state index in [9.17, 15) is 9.59 Å². The van der Waals surface area contributed by atoms with Crippen molar-refractivity contribution in [2.24, 2.45) is 0 Å². The zero-order chi connectivity index (χ0) is 16.6. The summed E-state index contributed by atoms with van der Waals surface area (Å²) in [7, 11) is 0. The van der Waals surface area contributed by atoms with Crippen LogP contribution in [0, 0.1) is 6.92 Å². The Morgan fingerprint density at radius 1 is 1.22 bits per heavy atom. The van der Waals surface area contributed by atoms with Crippen LogP contribution in [0.2, 0.25) is 0 Å². The van der Waals surface area contributed by atoms with Crippen LogP contribution in [0.3, 0.4) is 0 Å². The standard InChI is InChI=1S/C18H17BrN2O2/c1-11-9-14(7-8-15(11)19)20-17(22)18(23)21-12(2)10-13-5-3-4-6-16(13)21/h3-9,12H,10H2,1-2H3,(H,20,22).